The van der Waals surface area contributed by atoms with Gasteiger partial charge in [0.05, 0.1) is 0 Å². The van der Waals surface area contributed by atoms with Gasteiger partial charge in [0.1, 0.15) is 0 Å². The highest BCUT2D eigenvalue weighted by Crippen LogP contribution is 2.32. The summed E-state index contributed by atoms with van der Waals surface area (Å²) in [5.41, 5.74) is 0. The number of nitrogens with zero attached hydrogens (tertiary/aromatic N) is 1. The van der Waals surface area contributed by atoms with Crippen LogP contribution in [0.1, 0.15) is 46.5 Å². The SMILES string of the molecule is CC1CN(C2CCCC(C(C)C)C2)CCN1. The van der Waals surface area contributed by atoms with Crippen LogP contribution in [0.3, 0.4) is 0 Å². The highest BCUT2D eigenvalue weighted by molar-refractivity contribution is 4.85. The van der Waals surface area contributed by atoms with Crippen molar-refractivity contribution >= 4 is 0 Å². The Labute approximate surface area is 101 Å². The molecule has 3 unspecified atom stereocenters. The summed E-state index contributed by atoms with van der Waals surface area (Å²) >= 11 is 0. The van der Waals surface area contributed by atoms with E-state index in [1.54, 1.807) is 0 Å². The molecule has 2 rings (SSSR count). The summed E-state index contributed by atoms with van der Waals surface area (Å²) in [4.78, 5) is 2.75. The summed E-state index contributed by atoms with van der Waals surface area (Å²) in [6, 6.07) is 1.57. The average Bonchev–Trinajstić information content (AvgIpc) is 2.29. The molecule has 0 amide bonds. The first-order valence-electron chi connectivity index (χ1n) is 7.14. The molecule has 94 valence electrons. The normalized spacial score (nSPS) is 37.9. The molecule has 0 aromatic carbocycles. The Balaban J connectivity index is 1.88. The lowest BCUT2D eigenvalue weighted by molar-refractivity contribution is 0.0886. The maximum atomic E-state index is 3.54. The van der Waals surface area contributed by atoms with Crippen molar-refractivity contribution in [2.24, 2.45) is 11.8 Å². The van der Waals surface area contributed by atoms with Crippen LogP contribution in [0.25, 0.3) is 0 Å². The van der Waals surface area contributed by atoms with Gasteiger partial charge in [0.15, 0.2) is 0 Å². The predicted octanol–water partition coefficient (Wildman–Crippen LogP) is 2.49. The first kappa shape index (κ1) is 12.4. The minimum atomic E-state index is 0.688. The molecule has 1 aliphatic heterocycles. The van der Waals surface area contributed by atoms with Crippen molar-refractivity contribution in [2.45, 2.75) is 58.5 Å². The van der Waals surface area contributed by atoms with Gasteiger partial charge in [0.2, 0.25) is 0 Å². The van der Waals surface area contributed by atoms with Crippen LogP contribution in [0.5, 0.6) is 0 Å². The van der Waals surface area contributed by atoms with E-state index >= 15 is 0 Å². The highest BCUT2D eigenvalue weighted by Gasteiger charge is 2.29. The highest BCUT2D eigenvalue weighted by atomic mass is 15.2. The largest absolute Gasteiger partial charge is 0.312 e. The lowest BCUT2D eigenvalue weighted by Gasteiger charge is -2.42. The molecule has 0 spiro atoms. The van der Waals surface area contributed by atoms with Crippen LogP contribution in [0.4, 0.5) is 0 Å². The zero-order valence-corrected chi connectivity index (χ0v) is 11.2. The fourth-order valence-corrected chi connectivity index (χ4v) is 3.43. The zero-order chi connectivity index (χ0) is 11.5. The molecular formula is C14H28N2. The molecule has 2 nitrogen and oxygen atoms in total. The molecule has 3 atom stereocenters. The molecular weight excluding hydrogens is 196 g/mol. The summed E-state index contributed by atoms with van der Waals surface area (Å²) in [7, 11) is 0. The van der Waals surface area contributed by atoms with Crippen molar-refractivity contribution in [3.63, 3.8) is 0 Å². The number of piperazine rings is 1. The molecule has 16 heavy (non-hydrogen) atoms. The van der Waals surface area contributed by atoms with Gasteiger partial charge >= 0.3 is 0 Å². The van der Waals surface area contributed by atoms with Crippen molar-refractivity contribution in [2.75, 3.05) is 19.6 Å². The lowest BCUT2D eigenvalue weighted by Crippen LogP contribution is -2.53. The number of hydrogen-bond acceptors (Lipinski definition) is 2. The number of rotatable bonds is 2. The minimum Gasteiger partial charge on any atom is -0.312 e. The second-order valence-electron chi connectivity index (χ2n) is 6.17. The van der Waals surface area contributed by atoms with E-state index in [1.807, 2.05) is 0 Å². The molecule has 1 aliphatic carbocycles. The second kappa shape index (κ2) is 5.50. The van der Waals surface area contributed by atoms with Gasteiger partial charge < -0.3 is 5.32 Å². The first-order valence-corrected chi connectivity index (χ1v) is 7.14. The maximum Gasteiger partial charge on any atom is 0.0167 e. The predicted molar refractivity (Wildman–Crippen MR) is 69.6 cm³/mol. The Hall–Kier alpha value is -0.0800. The average molecular weight is 224 g/mol. The molecule has 2 heteroatoms. The maximum absolute atomic E-state index is 3.54. The molecule has 0 bridgehead atoms. The fourth-order valence-electron chi connectivity index (χ4n) is 3.43. The summed E-state index contributed by atoms with van der Waals surface area (Å²) in [5.74, 6) is 1.85. The van der Waals surface area contributed by atoms with Gasteiger partial charge in [-0.25, -0.2) is 0 Å². The van der Waals surface area contributed by atoms with Gasteiger partial charge in [-0.1, -0.05) is 26.7 Å². The zero-order valence-electron chi connectivity index (χ0n) is 11.2. The van der Waals surface area contributed by atoms with E-state index in [0.717, 1.165) is 17.9 Å². The van der Waals surface area contributed by atoms with Gasteiger partial charge in [0.25, 0.3) is 0 Å². The van der Waals surface area contributed by atoms with Crippen molar-refractivity contribution in [3.05, 3.63) is 0 Å². The Bertz CT molecular complexity index is 215. The summed E-state index contributed by atoms with van der Waals surface area (Å²) in [6.45, 7) is 10.8. The van der Waals surface area contributed by atoms with Crippen molar-refractivity contribution in [1.82, 2.24) is 10.2 Å². The van der Waals surface area contributed by atoms with E-state index in [0.29, 0.717) is 6.04 Å². The summed E-state index contributed by atoms with van der Waals surface area (Å²) in [5, 5.41) is 3.54. The van der Waals surface area contributed by atoms with Crippen LogP contribution in [0, 0.1) is 11.8 Å². The van der Waals surface area contributed by atoms with E-state index in [1.165, 1.54) is 45.3 Å². The summed E-state index contributed by atoms with van der Waals surface area (Å²) < 4.78 is 0. The first-order chi connectivity index (χ1) is 7.66. The molecule has 2 aliphatic rings. The Morgan fingerprint density at radius 1 is 1.25 bits per heavy atom. The van der Waals surface area contributed by atoms with Gasteiger partial charge in [-0.05, 0) is 31.6 Å². The van der Waals surface area contributed by atoms with E-state index in [4.69, 9.17) is 0 Å². The third-order valence-electron chi connectivity index (χ3n) is 4.55. The van der Waals surface area contributed by atoms with Gasteiger partial charge in [0, 0.05) is 31.7 Å². The van der Waals surface area contributed by atoms with Crippen LogP contribution in [-0.4, -0.2) is 36.6 Å². The number of nitrogens with one attached hydrogen (secondary N) is 1. The fraction of sp³-hybridized carbons (Fsp3) is 1.00. The van der Waals surface area contributed by atoms with E-state index < -0.39 is 0 Å². The molecule has 0 radical (unpaired) electrons. The smallest absolute Gasteiger partial charge is 0.0167 e. The molecule has 1 saturated carbocycles. The molecule has 0 aromatic heterocycles. The Morgan fingerprint density at radius 2 is 2.06 bits per heavy atom. The third-order valence-corrected chi connectivity index (χ3v) is 4.55. The van der Waals surface area contributed by atoms with Gasteiger partial charge in [-0.3, -0.25) is 4.90 Å². The number of hydrogen-bond donors (Lipinski definition) is 1. The van der Waals surface area contributed by atoms with Crippen molar-refractivity contribution in [3.8, 4) is 0 Å². The van der Waals surface area contributed by atoms with Crippen LogP contribution in [0.2, 0.25) is 0 Å². The van der Waals surface area contributed by atoms with Crippen LogP contribution < -0.4 is 5.32 Å². The van der Waals surface area contributed by atoms with Gasteiger partial charge in [-0.2, -0.15) is 0 Å². The van der Waals surface area contributed by atoms with Crippen LogP contribution in [0.15, 0.2) is 0 Å². The third kappa shape index (κ3) is 2.98. The second-order valence-corrected chi connectivity index (χ2v) is 6.17. The molecule has 0 aromatic rings. The van der Waals surface area contributed by atoms with Crippen LogP contribution >= 0.6 is 0 Å². The molecule has 1 saturated heterocycles. The molecule has 2 fully saturated rings. The molecule has 1 N–H and O–H groups in total. The minimum absolute atomic E-state index is 0.688. The monoisotopic (exact) mass is 224 g/mol. The summed E-state index contributed by atoms with van der Waals surface area (Å²) in [6.07, 6.45) is 5.81. The standard InChI is InChI=1S/C14H28N2/c1-11(2)13-5-4-6-14(9-13)16-8-7-15-12(3)10-16/h11-15H,4-10H2,1-3H3. The lowest BCUT2D eigenvalue weighted by atomic mass is 9.78. The Kier molecular flexibility index (Phi) is 4.26. The van der Waals surface area contributed by atoms with Gasteiger partial charge in [-0.15, -0.1) is 0 Å². The van der Waals surface area contributed by atoms with Crippen LogP contribution in [-0.2, 0) is 0 Å². The van der Waals surface area contributed by atoms with Crippen molar-refractivity contribution < 1.29 is 0 Å². The van der Waals surface area contributed by atoms with Crippen molar-refractivity contribution in [1.29, 1.82) is 0 Å². The Morgan fingerprint density at radius 3 is 2.75 bits per heavy atom. The van der Waals surface area contributed by atoms with E-state index in [9.17, 15) is 0 Å². The van der Waals surface area contributed by atoms with E-state index in [2.05, 4.69) is 31.0 Å². The molecule has 1 heterocycles. The topological polar surface area (TPSA) is 15.3 Å². The van der Waals surface area contributed by atoms with E-state index in [-0.39, 0.29) is 0 Å². The quantitative estimate of drug-likeness (QED) is 0.775.